The fourth-order valence-electron chi connectivity index (χ4n) is 5.08. The number of hydrogen-bond acceptors (Lipinski definition) is 5. The van der Waals surface area contributed by atoms with Crippen molar-refractivity contribution in [3.8, 4) is 0 Å². The highest BCUT2D eigenvalue weighted by Crippen LogP contribution is 2.50. The van der Waals surface area contributed by atoms with Crippen molar-refractivity contribution >= 4 is 22.4 Å². The molecule has 0 amide bonds. The molecule has 6 rings (SSSR count). The first-order valence-electron chi connectivity index (χ1n) is 9.82. The number of amidine groups is 1. The zero-order valence-electron chi connectivity index (χ0n) is 15.4. The van der Waals surface area contributed by atoms with Gasteiger partial charge in [0.25, 0.3) is 5.56 Å². The predicted molar refractivity (Wildman–Crippen MR) is 107 cm³/mol. The van der Waals surface area contributed by atoms with E-state index < -0.39 is 5.60 Å². The molecule has 0 aliphatic carbocycles. The molecule has 0 saturated carbocycles. The average molecular weight is 372 g/mol. The third-order valence-electron chi connectivity index (χ3n) is 6.34. The molecule has 1 saturated heterocycles. The molecule has 3 aliphatic heterocycles. The van der Waals surface area contributed by atoms with Crippen molar-refractivity contribution in [2.24, 2.45) is 4.99 Å². The van der Waals surface area contributed by atoms with E-state index >= 15 is 0 Å². The number of para-hydroxylation sites is 2. The van der Waals surface area contributed by atoms with Gasteiger partial charge in [0.1, 0.15) is 17.3 Å². The van der Waals surface area contributed by atoms with Crippen LogP contribution in [0.4, 0.5) is 5.69 Å². The molecule has 2 unspecified atom stereocenters. The van der Waals surface area contributed by atoms with E-state index in [-0.39, 0.29) is 11.6 Å². The minimum atomic E-state index is -1.23. The first kappa shape index (κ1) is 16.0. The SMILES string of the molecule is O=c1c2ccccc2nc2n1CCC2(O)C1c2ccccc2N=C2CCCN21. The van der Waals surface area contributed by atoms with Gasteiger partial charge in [0.15, 0.2) is 0 Å². The molecule has 2 atom stereocenters. The summed E-state index contributed by atoms with van der Waals surface area (Å²) in [5.41, 5.74) is 1.25. The van der Waals surface area contributed by atoms with Crippen molar-refractivity contribution in [3.05, 3.63) is 70.3 Å². The van der Waals surface area contributed by atoms with Crippen LogP contribution in [-0.2, 0) is 12.1 Å². The molecule has 0 radical (unpaired) electrons. The molecule has 6 nitrogen and oxygen atoms in total. The first-order valence-corrected chi connectivity index (χ1v) is 9.82. The summed E-state index contributed by atoms with van der Waals surface area (Å²) in [6, 6.07) is 15.1. The third-order valence-corrected chi connectivity index (χ3v) is 6.34. The highest BCUT2D eigenvalue weighted by Gasteiger charge is 2.52. The van der Waals surface area contributed by atoms with Crippen molar-refractivity contribution in [2.45, 2.75) is 37.5 Å². The Bertz CT molecular complexity index is 1210. The maximum atomic E-state index is 13.0. The minimum Gasteiger partial charge on any atom is -0.379 e. The molecule has 0 bridgehead atoms. The highest BCUT2D eigenvalue weighted by molar-refractivity contribution is 5.89. The number of rotatable bonds is 1. The van der Waals surface area contributed by atoms with Gasteiger partial charge in [0.05, 0.1) is 22.6 Å². The molecular formula is C22H20N4O2. The van der Waals surface area contributed by atoms with Gasteiger partial charge in [-0.2, -0.15) is 0 Å². The molecule has 1 fully saturated rings. The van der Waals surface area contributed by atoms with E-state index in [1.807, 2.05) is 42.5 Å². The van der Waals surface area contributed by atoms with Crippen LogP contribution >= 0.6 is 0 Å². The fraction of sp³-hybridized carbons (Fsp3) is 0.318. The maximum Gasteiger partial charge on any atom is 0.261 e. The van der Waals surface area contributed by atoms with Gasteiger partial charge in [0, 0.05) is 31.5 Å². The van der Waals surface area contributed by atoms with E-state index in [1.54, 1.807) is 10.6 Å². The topological polar surface area (TPSA) is 70.7 Å². The Balaban J connectivity index is 1.61. The smallest absolute Gasteiger partial charge is 0.261 e. The van der Waals surface area contributed by atoms with Crippen LogP contribution in [-0.4, -0.2) is 31.9 Å². The molecule has 3 aliphatic rings. The number of nitrogens with zero attached hydrogens (tertiary/aromatic N) is 4. The van der Waals surface area contributed by atoms with Gasteiger partial charge in [0.2, 0.25) is 0 Å². The van der Waals surface area contributed by atoms with Crippen molar-refractivity contribution in [3.63, 3.8) is 0 Å². The Morgan fingerprint density at radius 1 is 1.07 bits per heavy atom. The molecule has 3 aromatic rings. The quantitative estimate of drug-likeness (QED) is 0.713. The molecule has 1 N–H and O–H groups in total. The minimum absolute atomic E-state index is 0.0732. The van der Waals surface area contributed by atoms with E-state index in [0.717, 1.165) is 36.5 Å². The molecule has 28 heavy (non-hydrogen) atoms. The molecular weight excluding hydrogens is 352 g/mol. The normalized spacial score (nSPS) is 25.4. The van der Waals surface area contributed by atoms with Crippen LogP contribution in [0.5, 0.6) is 0 Å². The zero-order valence-corrected chi connectivity index (χ0v) is 15.4. The van der Waals surface area contributed by atoms with Crippen LogP contribution in [0.3, 0.4) is 0 Å². The van der Waals surface area contributed by atoms with Crippen LogP contribution in [0, 0.1) is 0 Å². The van der Waals surface area contributed by atoms with Gasteiger partial charge in [-0.1, -0.05) is 30.3 Å². The summed E-state index contributed by atoms with van der Waals surface area (Å²) >= 11 is 0. The van der Waals surface area contributed by atoms with Crippen molar-refractivity contribution in [2.75, 3.05) is 6.54 Å². The van der Waals surface area contributed by atoms with Crippen molar-refractivity contribution in [1.82, 2.24) is 14.5 Å². The summed E-state index contributed by atoms with van der Waals surface area (Å²) in [5, 5.41) is 12.6. The largest absolute Gasteiger partial charge is 0.379 e. The van der Waals surface area contributed by atoms with Gasteiger partial charge in [-0.05, 0) is 24.6 Å². The van der Waals surface area contributed by atoms with E-state index in [1.165, 1.54) is 0 Å². The van der Waals surface area contributed by atoms with Crippen LogP contribution in [0.2, 0.25) is 0 Å². The Morgan fingerprint density at radius 2 is 1.89 bits per heavy atom. The van der Waals surface area contributed by atoms with Crippen LogP contribution < -0.4 is 5.56 Å². The summed E-state index contributed by atoms with van der Waals surface area (Å²) in [6.07, 6.45) is 2.41. The summed E-state index contributed by atoms with van der Waals surface area (Å²) in [7, 11) is 0. The van der Waals surface area contributed by atoms with Gasteiger partial charge < -0.3 is 10.0 Å². The monoisotopic (exact) mass is 372 g/mol. The zero-order chi connectivity index (χ0) is 18.9. The summed E-state index contributed by atoms with van der Waals surface area (Å²) in [4.78, 5) is 24.9. The molecule has 0 spiro atoms. The average Bonchev–Trinajstić information content (AvgIpc) is 3.31. The Morgan fingerprint density at radius 3 is 2.82 bits per heavy atom. The lowest BCUT2D eigenvalue weighted by molar-refractivity contribution is -0.0354. The first-order chi connectivity index (χ1) is 13.7. The highest BCUT2D eigenvalue weighted by atomic mass is 16.3. The number of benzene rings is 2. The Labute approximate surface area is 161 Å². The third kappa shape index (κ3) is 1.98. The summed E-state index contributed by atoms with van der Waals surface area (Å²) in [5.74, 6) is 1.50. The van der Waals surface area contributed by atoms with Crippen LogP contribution in [0.1, 0.15) is 36.7 Å². The molecule has 140 valence electrons. The van der Waals surface area contributed by atoms with Crippen LogP contribution in [0.25, 0.3) is 10.9 Å². The van der Waals surface area contributed by atoms with Crippen molar-refractivity contribution in [1.29, 1.82) is 0 Å². The summed E-state index contributed by atoms with van der Waals surface area (Å²) in [6.45, 7) is 1.33. The standard InChI is InChI=1S/C22H20N4O2/c27-20-15-7-2-4-9-17(15)24-21-22(28,11-13-26(20)21)19-14-6-1-3-8-16(14)23-18-10-5-12-25(18)19/h1-4,6-9,19,28H,5,10-13H2. The second-order valence-electron chi connectivity index (χ2n) is 7.87. The van der Waals surface area contributed by atoms with Gasteiger partial charge in [-0.15, -0.1) is 0 Å². The van der Waals surface area contributed by atoms with Crippen LogP contribution in [0.15, 0.2) is 58.3 Å². The van der Waals surface area contributed by atoms with Gasteiger partial charge in [-0.25, -0.2) is 9.98 Å². The van der Waals surface area contributed by atoms with E-state index in [0.29, 0.717) is 29.7 Å². The number of aromatic nitrogens is 2. The van der Waals surface area contributed by atoms with E-state index in [9.17, 15) is 9.90 Å². The molecule has 1 aromatic heterocycles. The Hall–Kier alpha value is -2.99. The van der Waals surface area contributed by atoms with E-state index in [2.05, 4.69) is 4.90 Å². The van der Waals surface area contributed by atoms with E-state index in [4.69, 9.17) is 9.98 Å². The number of hydrogen-bond donors (Lipinski definition) is 1. The van der Waals surface area contributed by atoms with Gasteiger partial charge in [-0.3, -0.25) is 9.36 Å². The second-order valence-corrected chi connectivity index (χ2v) is 7.87. The number of aliphatic hydroxyl groups is 1. The molecule has 6 heteroatoms. The lowest BCUT2D eigenvalue weighted by Gasteiger charge is -2.42. The van der Waals surface area contributed by atoms with Crippen molar-refractivity contribution < 1.29 is 5.11 Å². The number of aliphatic imine (C=N–C) groups is 1. The molecule has 2 aromatic carbocycles. The molecule has 4 heterocycles. The fourth-order valence-corrected chi connectivity index (χ4v) is 5.08. The predicted octanol–water partition coefficient (Wildman–Crippen LogP) is 2.87. The summed E-state index contributed by atoms with van der Waals surface area (Å²) < 4.78 is 1.66. The maximum absolute atomic E-state index is 13.0. The number of fused-ring (bicyclic) bond motifs is 4. The Kier molecular flexibility index (Phi) is 3.15. The van der Waals surface area contributed by atoms with Gasteiger partial charge >= 0.3 is 0 Å². The lowest BCUT2D eigenvalue weighted by Crippen LogP contribution is -2.46. The second kappa shape index (κ2) is 5.52. The lowest BCUT2D eigenvalue weighted by atomic mass is 9.84.